The maximum Gasteiger partial charge on any atom is 0.513 e. The van der Waals surface area contributed by atoms with Crippen molar-refractivity contribution in [2.45, 2.75) is 104 Å². The van der Waals surface area contributed by atoms with Gasteiger partial charge in [0.05, 0.1) is 19.8 Å². The molecule has 42 heavy (non-hydrogen) atoms. The number of benzene rings is 1. The molecule has 0 saturated carbocycles. The van der Waals surface area contributed by atoms with Crippen molar-refractivity contribution in [2.75, 3.05) is 19.8 Å². The average Bonchev–Trinajstić information content (AvgIpc) is 2.94. The van der Waals surface area contributed by atoms with Crippen LogP contribution >= 0.6 is 0 Å². The van der Waals surface area contributed by atoms with E-state index in [9.17, 15) is 24.3 Å². The lowest BCUT2D eigenvalue weighted by Gasteiger charge is -2.31. The van der Waals surface area contributed by atoms with Crippen molar-refractivity contribution in [1.29, 1.82) is 0 Å². The standard InChI is InChI=1S/C30H47NO11/c1-6-9-12-17-38-29(35)41-23-15-14-22(19-24(23)42-30(36)39-18-13-10-7-2)25(26(31)27(32)33)20(4)21(5)40-28(34)37-16-11-8-3/h14-15,19-21,25-26H,6-13,16-18,31H2,1-5H3,(H,32,33)/t20?,21?,25?,26-/m0/s1. The van der Waals surface area contributed by atoms with E-state index in [1.54, 1.807) is 13.8 Å². The molecule has 0 aromatic heterocycles. The molecule has 0 aliphatic heterocycles. The average molecular weight is 598 g/mol. The number of hydrogen-bond acceptors (Lipinski definition) is 11. The normalized spacial score (nSPS) is 13.7. The number of rotatable bonds is 19. The molecule has 3 unspecified atom stereocenters. The minimum Gasteiger partial charge on any atom is -0.480 e. The van der Waals surface area contributed by atoms with Gasteiger partial charge in [0.25, 0.3) is 0 Å². The third-order valence-electron chi connectivity index (χ3n) is 6.65. The number of aliphatic carboxylic acids is 1. The maximum atomic E-state index is 12.4. The molecule has 0 spiro atoms. The number of nitrogens with two attached hydrogens (primary N) is 1. The second kappa shape index (κ2) is 20.4. The summed E-state index contributed by atoms with van der Waals surface area (Å²) >= 11 is 0. The summed E-state index contributed by atoms with van der Waals surface area (Å²) in [6, 6.07) is 2.77. The first-order valence-electron chi connectivity index (χ1n) is 14.7. The van der Waals surface area contributed by atoms with Crippen molar-refractivity contribution >= 4 is 24.4 Å². The molecule has 0 saturated heterocycles. The van der Waals surface area contributed by atoms with Crippen molar-refractivity contribution in [3.8, 4) is 11.5 Å². The van der Waals surface area contributed by atoms with Crippen molar-refractivity contribution in [3.63, 3.8) is 0 Å². The van der Waals surface area contributed by atoms with E-state index in [-0.39, 0.29) is 31.3 Å². The number of unbranched alkanes of at least 4 members (excludes halogenated alkanes) is 5. The molecule has 0 amide bonds. The van der Waals surface area contributed by atoms with E-state index in [0.717, 1.165) is 32.1 Å². The Kier molecular flexibility index (Phi) is 17.7. The first kappa shape index (κ1) is 36.5. The lowest BCUT2D eigenvalue weighted by Crippen LogP contribution is -2.42. The van der Waals surface area contributed by atoms with E-state index in [2.05, 4.69) is 0 Å². The first-order valence-corrected chi connectivity index (χ1v) is 14.7. The predicted molar refractivity (Wildman–Crippen MR) is 154 cm³/mol. The Hall–Kier alpha value is -3.54. The maximum absolute atomic E-state index is 12.4. The van der Waals surface area contributed by atoms with E-state index < -0.39 is 48.4 Å². The van der Waals surface area contributed by atoms with E-state index in [4.69, 9.17) is 34.2 Å². The SMILES string of the molecule is CCCCCOC(=O)Oc1ccc(C(C(C)C(C)OC(=O)OCCCC)[C@H](N)C(=O)O)cc1OC(=O)OCCCCC. The van der Waals surface area contributed by atoms with Gasteiger partial charge >= 0.3 is 24.4 Å². The van der Waals surface area contributed by atoms with Crippen LogP contribution in [0.15, 0.2) is 18.2 Å². The molecule has 1 aromatic rings. The monoisotopic (exact) mass is 597 g/mol. The Balaban J connectivity index is 3.28. The summed E-state index contributed by atoms with van der Waals surface area (Å²) in [5.41, 5.74) is 6.43. The first-order chi connectivity index (χ1) is 20.0. The van der Waals surface area contributed by atoms with Gasteiger partial charge in [0.15, 0.2) is 11.5 Å². The van der Waals surface area contributed by atoms with E-state index >= 15 is 0 Å². The molecule has 12 nitrogen and oxygen atoms in total. The largest absolute Gasteiger partial charge is 0.513 e. The predicted octanol–water partition coefficient (Wildman–Crippen LogP) is 6.57. The van der Waals surface area contributed by atoms with Gasteiger partial charge in [-0.25, -0.2) is 14.4 Å². The quantitative estimate of drug-likeness (QED) is 0.0762. The third kappa shape index (κ3) is 13.4. The van der Waals surface area contributed by atoms with Crippen LogP contribution in [-0.2, 0) is 23.7 Å². The van der Waals surface area contributed by atoms with Gasteiger partial charge < -0.3 is 39.3 Å². The molecule has 1 rings (SSSR count). The van der Waals surface area contributed by atoms with Crippen LogP contribution in [0.3, 0.4) is 0 Å². The molecule has 1 aromatic carbocycles. The van der Waals surface area contributed by atoms with Crippen LogP contribution in [0, 0.1) is 5.92 Å². The van der Waals surface area contributed by atoms with Crippen LogP contribution in [0.4, 0.5) is 14.4 Å². The van der Waals surface area contributed by atoms with Crippen LogP contribution in [0.2, 0.25) is 0 Å². The van der Waals surface area contributed by atoms with Gasteiger partial charge in [-0.2, -0.15) is 0 Å². The lowest BCUT2D eigenvalue weighted by atomic mass is 9.79. The van der Waals surface area contributed by atoms with Crippen LogP contribution in [0.25, 0.3) is 0 Å². The molecule has 238 valence electrons. The summed E-state index contributed by atoms with van der Waals surface area (Å²) < 4.78 is 31.3. The second-order valence-electron chi connectivity index (χ2n) is 10.0. The molecule has 0 fully saturated rings. The molecule has 0 aliphatic rings. The summed E-state index contributed by atoms with van der Waals surface area (Å²) in [4.78, 5) is 48.9. The van der Waals surface area contributed by atoms with Crippen molar-refractivity contribution in [2.24, 2.45) is 11.7 Å². The fourth-order valence-corrected chi connectivity index (χ4v) is 4.03. The second-order valence-corrected chi connectivity index (χ2v) is 10.0. The van der Waals surface area contributed by atoms with Gasteiger partial charge in [-0.05, 0) is 43.9 Å². The van der Waals surface area contributed by atoms with Gasteiger partial charge in [0.2, 0.25) is 0 Å². The third-order valence-corrected chi connectivity index (χ3v) is 6.65. The molecule has 0 aliphatic carbocycles. The summed E-state index contributed by atoms with van der Waals surface area (Å²) in [6.07, 6.45) is 2.75. The summed E-state index contributed by atoms with van der Waals surface area (Å²) in [5.74, 6) is -3.17. The molecular weight excluding hydrogens is 550 g/mol. The number of carboxylic acids is 1. The van der Waals surface area contributed by atoms with Gasteiger partial charge in [0.1, 0.15) is 12.1 Å². The highest BCUT2D eigenvalue weighted by atomic mass is 16.7. The van der Waals surface area contributed by atoms with Crippen LogP contribution in [0.5, 0.6) is 11.5 Å². The number of ether oxygens (including phenoxy) is 6. The molecule has 0 heterocycles. The van der Waals surface area contributed by atoms with Crippen LogP contribution in [-0.4, -0.2) is 61.5 Å². The number of hydrogen-bond donors (Lipinski definition) is 2. The fourth-order valence-electron chi connectivity index (χ4n) is 4.03. The smallest absolute Gasteiger partial charge is 0.480 e. The molecule has 12 heteroatoms. The molecule has 0 radical (unpaired) electrons. The van der Waals surface area contributed by atoms with E-state index in [1.165, 1.54) is 18.2 Å². The highest BCUT2D eigenvalue weighted by Crippen LogP contribution is 2.37. The summed E-state index contributed by atoms with van der Waals surface area (Å²) in [6.45, 7) is 9.75. The minimum absolute atomic E-state index is 0.134. The van der Waals surface area contributed by atoms with Crippen LogP contribution in [0.1, 0.15) is 97.5 Å². The van der Waals surface area contributed by atoms with Gasteiger partial charge in [0, 0.05) is 11.8 Å². The van der Waals surface area contributed by atoms with Gasteiger partial charge in [-0.1, -0.05) is 65.9 Å². The zero-order chi connectivity index (χ0) is 31.5. The van der Waals surface area contributed by atoms with E-state index in [0.29, 0.717) is 24.8 Å². The van der Waals surface area contributed by atoms with Crippen molar-refractivity contribution in [3.05, 3.63) is 23.8 Å². The zero-order valence-electron chi connectivity index (χ0n) is 25.4. The number of carbonyl (C=O) groups is 4. The minimum atomic E-state index is -1.42. The number of carbonyl (C=O) groups excluding carboxylic acids is 3. The molecule has 0 bridgehead atoms. The number of carboxylic acid groups (broad SMARTS) is 1. The Labute approximate surface area is 248 Å². The van der Waals surface area contributed by atoms with Gasteiger partial charge in [-0.15, -0.1) is 0 Å². The van der Waals surface area contributed by atoms with E-state index in [1.807, 2.05) is 20.8 Å². The Bertz CT molecular complexity index is 984. The van der Waals surface area contributed by atoms with Crippen molar-refractivity contribution < 1.29 is 52.7 Å². The fraction of sp³-hybridized carbons (Fsp3) is 0.667. The summed E-state index contributed by atoms with van der Waals surface area (Å²) in [5, 5.41) is 9.77. The highest BCUT2D eigenvalue weighted by molar-refractivity contribution is 5.75. The topological polar surface area (TPSA) is 170 Å². The van der Waals surface area contributed by atoms with Crippen molar-refractivity contribution in [1.82, 2.24) is 0 Å². The summed E-state index contributed by atoms with van der Waals surface area (Å²) in [7, 11) is 0. The molecule has 3 N–H and O–H groups in total. The molecular formula is C30H47NO11. The highest BCUT2D eigenvalue weighted by Gasteiger charge is 2.36. The lowest BCUT2D eigenvalue weighted by molar-refractivity contribution is -0.139. The van der Waals surface area contributed by atoms with Crippen LogP contribution < -0.4 is 15.2 Å². The Morgan fingerprint density at radius 2 is 1.24 bits per heavy atom. The Morgan fingerprint density at radius 3 is 1.76 bits per heavy atom. The molecule has 4 atom stereocenters. The Morgan fingerprint density at radius 1 is 0.738 bits per heavy atom. The zero-order valence-corrected chi connectivity index (χ0v) is 25.4. The van der Waals surface area contributed by atoms with Gasteiger partial charge in [-0.3, -0.25) is 4.79 Å².